The maximum atomic E-state index is 14.5. The molecule has 0 unspecified atom stereocenters. The average molecular weight is 545 g/mol. The van der Waals surface area contributed by atoms with Crippen molar-refractivity contribution in [2.24, 2.45) is 7.05 Å². The van der Waals surface area contributed by atoms with Crippen LogP contribution in [-0.4, -0.2) is 69.4 Å². The van der Waals surface area contributed by atoms with Crippen molar-refractivity contribution >= 4 is 28.5 Å². The Balaban J connectivity index is 1.25. The van der Waals surface area contributed by atoms with Gasteiger partial charge >= 0.3 is 0 Å². The van der Waals surface area contributed by atoms with Crippen molar-refractivity contribution in [1.29, 1.82) is 0 Å². The van der Waals surface area contributed by atoms with E-state index in [4.69, 9.17) is 4.74 Å². The first-order valence-electron chi connectivity index (χ1n) is 13.9. The van der Waals surface area contributed by atoms with Crippen molar-refractivity contribution in [3.63, 3.8) is 0 Å². The van der Waals surface area contributed by atoms with Crippen LogP contribution in [0.15, 0.2) is 54.7 Å². The maximum Gasteiger partial charge on any atom is 0.208 e. The third-order valence-electron chi connectivity index (χ3n) is 7.47. The summed E-state index contributed by atoms with van der Waals surface area (Å²) in [6.07, 6.45) is 1.94. The Morgan fingerprint density at radius 1 is 1.02 bits per heavy atom. The quantitative estimate of drug-likeness (QED) is 0.282. The molecule has 40 heavy (non-hydrogen) atoms. The van der Waals surface area contributed by atoms with Crippen LogP contribution in [0.3, 0.4) is 0 Å². The zero-order valence-corrected chi connectivity index (χ0v) is 23.7. The summed E-state index contributed by atoms with van der Waals surface area (Å²) >= 11 is 0. The van der Waals surface area contributed by atoms with Crippen LogP contribution in [0, 0.1) is 5.82 Å². The van der Waals surface area contributed by atoms with Crippen molar-refractivity contribution in [1.82, 2.24) is 24.3 Å². The highest BCUT2D eigenvalue weighted by Gasteiger charge is 2.18. The fourth-order valence-corrected chi connectivity index (χ4v) is 5.00. The monoisotopic (exact) mass is 544 g/mol. The molecule has 1 N–H and O–H groups in total. The summed E-state index contributed by atoms with van der Waals surface area (Å²) in [5.74, 6) is 1.87. The standard InChI is InChI=1S/C31H37FN6O2/c1-5-37-12-14-38(15-13-37)20-24(39)17-23-18-26(10-11-33-23)40-25-7-9-30-29(19-25)35-31(36(30)4)34-28-16-22(21(2)3)6-8-27(28)32/h6-11,16,18-19,21H,5,12-15,17,20H2,1-4H3,(H,34,35). The van der Waals surface area contributed by atoms with Gasteiger partial charge in [0.15, 0.2) is 5.78 Å². The van der Waals surface area contributed by atoms with Gasteiger partial charge in [0, 0.05) is 51.6 Å². The number of likely N-dealkylation sites (N-methyl/N-ethyl adjacent to an activating group) is 1. The van der Waals surface area contributed by atoms with Gasteiger partial charge in [-0.05, 0) is 48.4 Å². The predicted octanol–water partition coefficient (Wildman–Crippen LogP) is 5.52. The van der Waals surface area contributed by atoms with Gasteiger partial charge in [-0.3, -0.25) is 14.7 Å². The number of aryl methyl sites for hydroxylation is 1. The SMILES string of the molecule is CCN1CCN(CC(=O)Cc2cc(Oc3ccc4c(c3)nc(Nc3cc(C(C)C)ccc3F)n4C)ccn2)CC1. The molecule has 5 rings (SSSR count). The fourth-order valence-electron chi connectivity index (χ4n) is 5.00. The molecule has 1 aliphatic rings. The second-order valence-electron chi connectivity index (χ2n) is 10.7. The number of nitrogens with zero attached hydrogens (tertiary/aromatic N) is 5. The number of imidazole rings is 1. The summed E-state index contributed by atoms with van der Waals surface area (Å²) in [6, 6.07) is 14.3. The molecule has 9 heteroatoms. The Bertz CT molecular complexity index is 1490. The summed E-state index contributed by atoms with van der Waals surface area (Å²) < 4.78 is 22.5. The highest BCUT2D eigenvalue weighted by molar-refractivity contribution is 5.83. The number of nitrogens with one attached hydrogen (secondary N) is 1. The van der Waals surface area contributed by atoms with Gasteiger partial charge in [0.05, 0.1) is 35.4 Å². The first kappa shape index (κ1) is 27.7. The smallest absolute Gasteiger partial charge is 0.208 e. The third-order valence-corrected chi connectivity index (χ3v) is 7.47. The third kappa shape index (κ3) is 6.48. The molecule has 8 nitrogen and oxygen atoms in total. The van der Waals surface area contributed by atoms with Crippen LogP contribution >= 0.6 is 0 Å². The first-order valence-corrected chi connectivity index (χ1v) is 13.9. The molecular formula is C31H37FN6O2. The van der Waals surface area contributed by atoms with E-state index in [1.54, 1.807) is 18.3 Å². The lowest BCUT2D eigenvalue weighted by molar-refractivity contribution is -0.120. The first-order chi connectivity index (χ1) is 19.3. The van der Waals surface area contributed by atoms with Crippen LogP contribution < -0.4 is 10.1 Å². The second kappa shape index (κ2) is 12.1. The predicted molar refractivity (Wildman–Crippen MR) is 156 cm³/mol. The zero-order chi connectivity index (χ0) is 28.2. The average Bonchev–Trinajstić information content (AvgIpc) is 3.24. The lowest BCUT2D eigenvalue weighted by Crippen LogP contribution is -2.47. The summed E-state index contributed by atoms with van der Waals surface area (Å²) in [5, 5.41) is 3.14. The summed E-state index contributed by atoms with van der Waals surface area (Å²) in [4.78, 5) is 26.4. The van der Waals surface area contributed by atoms with Crippen LogP contribution in [-0.2, 0) is 18.3 Å². The molecule has 0 spiro atoms. The Morgan fingerprint density at radius 2 is 1.77 bits per heavy atom. The lowest BCUT2D eigenvalue weighted by Gasteiger charge is -2.33. The van der Waals surface area contributed by atoms with Crippen LogP contribution in [0.4, 0.5) is 16.0 Å². The van der Waals surface area contributed by atoms with Crippen molar-refractivity contribution in [2.75, 3.05) is 44.6 Å². The maximum absolute atomic E-state index is 14.5. The number of benzene rings is 2. The molecule has 2 aromatic heterocycles. The van der Waals surface area contributed by atoms with Gasteiger partial charge in [-0.2, -0.15) is 0 Å². The molecule has 1 fully saturated rings. The highest BCUT2D eigenvalue weighted by atomic mass is 19.1. The van der Waals surface area contributed by atoms with E-state index in [0.717, 1.165) is 49.3 Å². The number of hydrogen-bond donors (Lipinski definition) is 1. The molecule has 1 saturated heterocycles. The number of pyridine rings is 1. The largest absolute Gasteiger partial charge is 0.457 e. The van der Waals surface area contributed by atoms with E-state index >= 15 is 0 Å². The van der Waals surface area contributed by atoms with Crippen molar-refractivity contribution < 1.29 is 13.9 Å². The van der Waals surface area contributed by atoms with Crippen molar-refractivity contribution in [3.05, 3.63) is 71.8 Å². The number of aromatic nitrogens is 3. The van der Waals surface area contributed by atoms with Gasteiger partial charge in [0.25, 0.3) is 0 Å². The van der Waals surface area contributed by atoms with Gasteiger partial charge < -0.3 is 19.5 Å². The number of Topliss-reactive ketones (excluding diaryl/α,β-unsaturated/α-hetero) is 1. The van der Waals surface area contributed by atoms with Crippen LogP contribution in [0.25, 0.3) is 11.0 Å². The minimum atomic E-state index is -0.327. The van der Waals surface area contributed by atoms with Crippen molar-refractivity contribution in [2.45, 2.75) is 33.1 Å². The summed E-state index contributed by atoms with van der Waals surface area (Å²) in [7, 11) is 1.89. The fraction of sp³-hybridized carbons (Fsp3) is 0.387. The second-order valence-corrected chi connectivity index (χ2v) is 10.7. The van der Waals surface area contributed by atoms with Gasteiger partial charge in [-0.25, -0.2) is 9.37 Å². The van der Waals surface area contributed by atoms with E-state index in [1.807, 2.05) is 41.9 Å². The van der Waals surface area contributed by atoms with Gasteiger partial charge in [0.1, 0.15) is 17.3 Å². The van der Waals surface area contributed by atoms with E-state index in [0.29, 0.717) is 35.4 Å². The minimum absolute atomic E-state index is 0.153. The number of carbonyl (C=O) groups is 1. The van der Waals surface area contributed by atoms with Crippen LogP contribution in [0.5, 0.6) is 11.5 Å². The molecule has 3 heterocycles. The minimum Gasteiger partial charge on any atom is -0.457 e. The number of anilines is 2. The van der Waals surface area contributed by atoms with E-state index in [-0.39, 0.29) is 23.9 Å². The van der Waals surface area contributed by atoms with Gasteiger partial charge in [-0.15, -0.1) is 0 Å². The highest BCUT2D eigenvalue weighted by Crippen LogP contribution is 2.30. The van der Waals surface area contributed by atoms with E-state index < -0.39 is 0 Å². The molecule has 2 aromatic carbocycles. The number of ether oxygens (including phenoxy) is 1. The summed E-state index contributed by atoms with van der Waals surface area (Å²) in [6.45, 7) is 11.7. The lowest BCUT2D eigenvalue weighted by atomic mass is 10.0. The molecule has 210 valence electrons. The number of piperazine rings is 1. The molecular weight excluding hydrogens is 507 g/mol. The molecule has 0 aliphatic carbocycles. The van der Waals surface area contributed by atoms with E-state index in [2.05, 4.69) is 45.9 Å². The topological polar surface area (TPSA) is 75.5 Å². The normalized spacial score (nSPS) is 14.7. The zero-order valence-electron chi connectivity index (χ0n) is 23.7. The molecule has 1 aliphatic heterocycles. The number of ketones is 1. The van der Waals surface area contributed by atoms with Crippen LogP contribution in [0.1, 0.15) is 37.9 Å². The molecule has 0 radical (unpaired) electrons. The molecule has 0 amide bonds. The van der Waals surface area contributed by atoms with Crippen molar-refractivity contribution in [3.8, 4) is 11.5 Å². The number of fused-ring (bicyclic) bond motifs is 1. The van der Waals surface area contributed by atoms with E-state index in [1.165, 1.54) is 6.07 Å². The number of halogens is 1. The number of rotatable bonds is 10. The summed E-state index contributed by atoms with van der Waals surface area (Å²) in [5.41, 5.74) is 3.73. The molecule has 4 aromatic rings. The molecule has 0 bridgehead atoms. The Morgan fingerprint density at radius 3 is 2.52 bits per heavy atom. The Hall–Kier alpha value is -3.82. The molecule has 0 atom stereocenters. The van der Waals surface area contributed by atoms with Crippen LogP contribution in [0.2, 0.25) is 0 Å². The Labute approximate surface area is 234 Å². The molecule has 0 saturated carbocycles. The number of carbonyl (C=O) groups excluding carboxylic acids is 1. The van der Waals surface area contributed by atoms with E-state index in [9.17, 15) is 9.18 Å². The Kier molecular flexibility index (Phi) is 8.42. The number of hydrogen-bond acceptors (Lipinski definition) is 7. The van der Waals surface area contributed by atoms with Gasteiger partial charge in [0.2, 0.25) is 5.95 Å². The van der Waals surface area contributed by atoms with Gasteiger partial charge in [-0.1, -0.05) is 26.8 Å².